The van der Waals surface area contributed by atoms with Crippen LogP contribution in [0.5, 0.6) is 0 Å². The Balaban J connectivity index is 2.23. The molecular weight excluding hydrogens is 376 g/mol. The first-order chi connectivity index (χ1) is 11.5. The smallest absolute Gasteiger partial charge is 0.337 e. The van der Waals surface area contributed by atoms with Gasteiger partial charge >= 0.3 is 11.9 Å². The van der Waals surface area contributed by atoms with Crippen molar-refractivity contribution in [1.29, 1.82) is 0 Å². The van der Waals surface area contributed by atoms with E-state index in [-0.39, 0.29) is 18.6 Å². The van der Waals surface area contributed by atoms with Crippen LogP contribution in [0.4, 0.5) is 0 Å². The molecule has 0 radical (unpaired) electrons. The van der Waals surface area contributed by atoms with Crippen molar-refractivity contribution in [3.05, 3.63) is 45.6 Å². The van der Waals surface area contributed by atoms with Crippen molar-refractivity contribution in [3.8, 4) is 0 Å². The summed E-state index contributed by atoms with van der Waals surface area (Å²) in [5, 5.41) is 1.72. The van der Waals surface area contributed by atoms with Crippen LogP contribution in [0.1, 0.15) is 19.4 Å². The Labute approximate surface area is 149 Å². The van der Waals surface area contributed by atoms with Gasteiger partial charge in [-0.15, -0.1) is 0 Å². The first kappa shape index (κ1) is 18.5. The molecule has 0 aromatic heterocycles. The number of carbonyl (C=O) groups is 2. The van der Waals surface area contributed by atoms with E-state index in [0.29, 0.717) is 24.3 Å². The summed E-state index contributed by atoms with van der Waals surface area (Å²) in [5.74, 6) is -0.738. The highest BCUT2D eigenvalue weighted by atomic mass is 79.9. The van der Waals surface area contributed by atoms with Crippen LogP contribution in [0, 0.1) is 0 Å². The highest BCUT2D eigenvalue weighted by Gasteiger charge is 2.36. The average molecular weight is 397 g/mol. The maximum Gasteiger partial charge on any atom is 0.337 e. The van der Waals surface area contributed by atoms with Gasteiger partial charge in [0.1, 0.15) is 6.54 Å². The molecule has 1 N–H and O–H groups in total. The lowest BCUT2D eigenvalue weighted by Gasteiger charge is -2.25. The third-order valence-electron chi connectivity index (χ3n) is 3.78. The van der Waals surface area contributed by atoms with E-state index in [1.165, 1.54) is 7.11 Å². The van der Waals surface area contributed by atoms with Crippen molar-refractivity contribution in [1.82, 2.24) is 10.4 Å². The molecule has 1 aromatic rings. The first-order valence-corrected chi connectivity index (χ1v) is 8.48. The zero-order valence-electron chi connectivity index (χ0n) is 14.0. The molecule has 1 unspecified atom stereocenters. The Bertz CT molecular complexity index is 642. The topological polar surface area (TPSA) is 67.9 Å². The fourth-order valence-electron chi connectivity index (χ4n) is 2.71. The number of benzene rings is 1. The van der Waals surface area contributed by atoms with Crippen LogP contribution < -0.4 is 5.43 Å². The normalized spacial score (nSPS) is 17.6. The number of hydrogen-bond donors (Lipinski definition) is 1. The number of methoxy groups -OCH3 is 1. The Morgan fingerprint density at radius 3 is 2.54 bits per heavy atom. The first-order valence-electron chi connectivity index (χ1n) is 7.68. The Kier molecular flexibility index (Phi) is 6.39. The van der Waals surface area contributed by atoms with E-state index in [2.05, 4.69) is 21.4 Å². The molecular formula is C17H21BrN2O4. The lowest BCUT2D eigenvalue weighted by molar-refractivity contribution is -0.146. The van der Waals surface area contributed by atoms with E-state index in [1.807, 2.05) is 24.3 Å². The van der Waals surface area contributed by atoms with Crippen LogP contribution in [0.15, 0.2) is 40.0 Å². The van der Waals surface area contributed by atoms with E-state index >= 15 is 0 Å². The predicted octanol–water partition coefficient (Wildman–Crippen LogP) is 2.19. The highest BCUT2D eigenvalue weighted by molar-refractivity contribution is 9.10. The number of halogens is 1. The Morgan fingerprint density at radius 1 is 1.29 bits per heavy atom. The molecule has 1 heterocycles. The standard InChI is InChI=1S/C17H21BrN2O4/c1-4-24-15(21)10-20-14(9-12-5-7-13(18)8-6-12)16(11(2)19-20)17(22)23-3/h5-8,14,19H,4,9-10H2,1-3H3. The van der Waals surface area contributed by atoms with Gasteiger partial charge in [0.15, 0.2) is 0 Å². The zero-order valence-corrected chi connectivity index (χ0v) is 15.6. The van der Waals surface area contributed by atoms with Crippen LogP contribution in [-0.2, 0) is 25.5 Å². The lowest BCUT2D eigenvalue weighted by atomic mass is 9.98. The molecule has 1 atom stereocenters. The minimum atomic E-state index is -0.395. The molecule has 2 rings (SSSR count). The molecule has 1 aliphatic rings. The van der Waals surface area contributed by atoms with Crippen LogP contribution in [-0.4, -0.2) is 43.3 Å². The molecule has 24 heavy (non-hydrogen) atoms. The number of hydrazine groups is 1. The second-order valence-corrected chi connectivity index (χ2v) is 6.34. The summed E-state index contributed by atoms with van der Waals surface area (Å²) < 4.78 is 10.9. The van der Waals surface area contributed by atoms with Gasteiger partial charge in [-0.3, -0.25) is 4.79 Å². The van der Waals surface area contributed by atoms with E-state index < -0.39 is 5.97 Å². The molecule has 0 bridgehead atoms. The van der Waals surface area contributed by atoms with E-state index in [1.54, 1.807) is 18.9 Å². The summed E-state index contributed by atoms with van der Waals surface area (Å²) in [7, 11) is 1.35. The van der Waals surface area contributed by atoms with Crippen molar-refractivity contribution in [3.63, 3.8) is 0 Å². The predicted molar refractivity (Wildman–Crippen MR) is 92.8 cm³/mol. The summed E-state index contributed by atoms with van der Waals surface area (Å²) in [4.78, 5) is 24.0. The maximum atomic E-state index is 12.2. The van der Waals surface area contributed by atoms with Crippen molar-refractivity contribution in [2.75, 3.05) is 20.3 Å². The van der Waals surface area contributed by atoms with Gasteiger partial charge in [-0.05, 0) is 38.0 Å². The zero-order chi connectivity index (χ0) is 17.7. The summed E-state index contributed by atoms with van der Waals surface area (Å²) >= 11 is 3.41. The fourth-order valence-corrected chi connectivity index (χ4v) is 2.97. The second-order valence-electron chi connectivity index (χ2n) is 5.42. The monoisotopic (exact) mass is 396 g/mol. The van der Waals surface area contributed by atoms with Crippen molar-refractivity contribution < 1.29 is 19.1 Å². The van der Waals surface area contributed by atoms with Gasteiger partial charge in [0.25, 0.3) is 0 Å². The third kappa shape index (κ3) is 4.36. The minimum absolute atomic E-state index is 0.0485. The molecule has 1 aliphatic heterocycles. The molecule has 1 aromatic carbocycles. The van der Waals surface area contributed by atoms with Gasteiger partial charge in [-0.2, -0.15) is 0 Å². The number of allylic oxidation sites excluding steroid dienone is 1. The highest BCUT2D eigenvalue weighted by Crippen LogP contribution is 2.25. The molecule has 0 saturated heterocycles. The number of esters is 2. The number of carbonyl (C=O) groups excluding carboxylic acids is 2. The number of nitrogens with zero attached hydrogens (tertiary/aromatic N) is 1. The van der Waals surface area contributed by atoms with E-state index in [9.17, 15) is 9.59 Å². The summed E-state index contributed by atoms with van der Waals surface area (Å²) in [5.41, 5.74) is 5.36. The van der Waals surface area contributed by atoms with Gasteiger partial charge in [0.05, 0.1) is 25.3 Å². The van der Waals surface area contributed by atoms with Gasteiger partial charge in [-0.1, -0.05) is 28.1 Å². The summed E-state index contributed by atoms with van der Waals surface area (Å²) in [6, 6.07) is 7.55. The van der Waals surface area contributed by atoms with Gasteiger partial charge in [-0.25, -0.2) is 9.80 Å². The Morgan fingerprint density at radius 2 is 1.96 bits per heavy atom. The van der Waals surface area contributed by atoms with Crippen LogP contribution in [0.3, 0.4) is 0 Å². The van der Waals surface area contributed by atoms with Crippen LogP contribution in [0.2, 0.25) is 0 Å². The van der Waals surface area contributed by atoms with Crippen molar-refractivity contribution in [2.45, 2.75) is 26.3 Å². The molecule has 6 nitrogen and oxygen atoms in total. The molecule has 0 aliphatic carbocycles. The fraction of sp³-hybridized carbons (Fsp3) is 0.412. The SMILES string of the molecule is CCOC(=O)CN1NC(C)=C(C(=O)OC)C1Cc1ccc(Br)cc1. The van der Waals surface area contributed by atoms with Gasteiger partial charge in [0.2, 0.25) is 0 Å². The summed E-state index contributed by atoms with van der Waals surface area (Å²) in [6.45, 7) is 3.93. The Hall–Kier alpha value is -1.86. The number of ether oxygens (including phenoxy) is 2. The quantitative estimate of drug-likeness (QED) is 0.743. The molecule has 0 saturated carbocycles. The van der Waals surface area contributed by atoms with Crippen molar-refractivity contribution in [2.24, 2.45) is 0 Å². The lowest BCUT2D eigenvalue weighted by Crippen LogP contribution is -2.44. The minimum Gasteiger partial charge on any atom is -0.466 e. The number of hydrogen-bond acceptors (Lipinski definition) is 6. The van der Waals surface area contributed by atoms with Gasteiger partial charge < -0.3 is 14.9 Å². The number of rotatable bonds is 6. The van der Waals surface area contributed by atoms with E-state index in [4.69, 9.17) is 9.47 Å². The summed E-state index contributed by atoms with van der Waals surface area (Å²) in [6.07, 6.45) is 0.571. The van der Waals surface area contributed by atoms with Crippen LogP contribution >= 0.6 is 15.9 Å². The van der Waals surface area contributed by atoms with Crippen LogP contribution in [0.25, 0.3) is 0 Å². The second kappa shape index (κ2) is 8.30. The molecule has 7 heteroatoms. The molecule has 0 amide bonds. The number of nitrogens with one attached hydrogen (secondary N) is 1. The van der Waals surface area contributed by atoms with E-state index in [0.717, 1.165) is 10.0 Å². The molecule has 0 spiro atoms. The largest absolute Gasteiger partial charge is 0.466 e. The molecule has 0 fully saturated rings. The third-order valence-corrected chi connectivity index (χ3v) is 4.31. The van der Waals surface area contributed by atoms with Gasteiger partial charge in [0, 0.05) is 10.2 Å². The van der Waals surface area contributed by atoms with Crippen molar-refractivity contribution >= 4 is 27.9 Å². The molecule has 130 valence electrons. The maximum absolute atomic E-state index is 12.2. The average Bonchev–Trinajstić information content (AvgIpc) is 2.84.